The molecule has 0 radical (unpaired) electrons. The van der Waals surface area contributed by atoms with Gasteiger partial charge in [0.25, 0.3) is 5.91 Å². The predicted octanol–water partition coefficient (Wildman–Crippen LogP) is 1.49. The summed E-state index contributed by atoms with van der Waals surface area (Å²) < 4.78 is 24.3. The summed E-state index contributed by atoms with van der Waals surface area (Å²) in [5, 5.41) is 9.18. The van der Waals surface area contributed by atoms with E-state index in [0.29, 0.717) is 19.3 Å². The molecule has 2 amide bonds. The van der Waals surface area contributed by atoms with Crippen LogP contribution in [0.5, 0.6) is 5.75 Å². The lowest BCUT2D eigenvalue weighted by molar-refractivity contribution is -0.151. The van der Waals surface area contributed by atoms with E-state index in [4.69, 9.17) is 21.1 Å². The van der Waals surface area contributed by atoms with E-state index in [1.807, 2.05) is 13.8 Å². The second kappa shape index (κ2) is 6.86. The lowest BCUT2D eigenvalue weighted by atomic mass is 9.44. The van der Waals surface area contributed by atoms with Gasteiger partial charge in [-0.25, -0.2) is 4.39 Å². The molecule has 3 atom stereocenters. The number of hydrogen-bond donors (Lipinski definition) is 3. The number of carbonyl (C=O) groups excluding carboxylic acids is 2. The molecular weight excluding hydrogens is 389 g/mol. The lowest BCUT2D eigenvalue weighted by Crippen LogP contribution is -2.84. The zero-order valence-corrected chi connectivity index (χ0v) is 16.4. The molecule has 9 heteroatoms. The Balaban J connectivity index is 1.21. The first-order valence-corrected chi connectivity index (χ1v) is 9.70. The third-order valence-corrected chi connectivity index (χ3v) is 5.98. The molecule has 4 fully saturated rings. The third kappa shape index (κ3) is 3.56. The van der Waals surface area contributed by atoms with Crippen molar-refractivity contribution in [3.8, 4) is 5.75 Å². The topological polar surface area (TPSA) is 88.7 Å². The van der Waals surface area contributed by atoms with Gasteiger partial charge in [-0.3, -0.25) is 14.9 Å². The van der Waals surface area contributed by atoms with Gasteiger partial charge in [-0.05, 0) is 45.2 Å². The molecule has 4 aliphatic rings. The minimum Gasteiger partial charge on any atom is -0.484 e. The summed E-state index contributed by atoms with van der Waals surface area (Å²) in [5.74, 6) is -0.691. The van der Waals surface area contributed by atoms with Crippen LogP contribution in [-0.2, 0) is 14.3 Å². The van der Waals surface area contributed by atoms with E-state index >= 15 is 0 Å². The van der Waals surface area contributed by atoms with Gasteiger partial charge in [-0.15, -0.1) is 0 Å². The number of ether oxygens (including phenoxy) is 2. The molecule has 5 rings (SSSR count). The molecule has 3 N–H and O–H groups in total. The number of carbonyl (C=O) groups is 2. The summed E-state index contributed by atoms with van der Waals surface area (Å²) in [6.07, 6.45) is 1.78. The second-order valence-electron chi connectivity index (χ2n) is 8.12. The van der Waals surface area contributed by atoms with Crippen molar-refractivity contribution >= 4 is 23.4 Å². The van der Waals surface area contributed by atoms with Crippen molar-refractivity contribution in [1.29, 1.82) is 0 Å². The minimum atomic E-state index is -0.595. The van der Waals surface area contributed by atoms with Crippen molar-refractivity contribution in [3.05, 3.63) is 29.0 Å². The molecule has 3 saturated carbocycles. The maximum absolute atomic E-state index is 13.4. The Morgan fingerprint density at radius 3 is 2.57 bits per heavy atom. The van der Waals surface area contributed by atoms with Gasteiger partial charge in [-0.2, -0.15) is 0 Å². The molecule has 1 heterocycles. The molecule has 0 aromatic heterocycles. The Morgan fingerprint density at radius 2 is 1.96 bits per heavy atom. The van der Waals surface area contributed by atoms with Crippen LogP contribution in [-0.4, -0.2) is 47.9 Å². The third-order valence-electron chi connectivity index (χ3n) is 5.67. The average molecular weight is 412 g/mol. The van der Waals surface area contributed by atoms with Crippen molar-refractivity contribution < 1.29 is 23.5 Å². The van der Waals surface area contributed by atoms with E-state index in [1.54, 1.807) is 0 Å². The zero-order valence-electron chi connectivity index (χ0n) is 15.7. The molecule has 152 valence electrons. The fourth-order valence-corrected chi connectivity index (χ4v) is 4.67. The van der Waals surface area contributed by atoms with Gasteiger partial charge in [0.2, 0.25) is 5.91 Å². The normalized spacial score (nSPS) is 35.5. The maximum Gasteiger partial charge on any atom is 0.258 e. The first kappa shape index (κ1) is 19.4. The predicted molar refractivity (Wildman–Crippen MR) is 99.4 cm³/mol. The van der Waals surface area contributed by atoms with E-state index < -0.39 is 5.82 Å². The van der Waals surface area contributed by atoms with Crippen molar-refractivity contribution in [2.24, 2.45) is 0 Å². The van der Waals surface area contributed by atoms with E-state index in [0.717, 1.165) is 6.07 Å². The Kier molecular flexibility index (Phi) is 4.76. The van der Waals surface area contributed by atoms with Crippen molar-refractivity contribution in [1.82, 2.24) is 16.0 Å². The quantitative estimate of drug-likeness (QED) is 0.660. The number of amides is 2. The molecule has 1 saturated heterocycles. The monoisotopic (exact) mass is 411 g/mol. The number of halogens is 2. The summed E-state index contributed by atoms with van der Waals surface area (Å²) in [5.41, 5.74) is -0.519. The maximum atomic E-state index is 13.4. The Labute approximate surface area is 167 Å². The summed E-state index contributed by atoms with van der Waals surface area (Å²) in [6, 6.07) is 3.67. The van der Waals surface area contributed by atoms with Gasteiger partial charge in [0, 0.05) is 17.1 Å². The van der Waals surface area contributed by atoms with Crippen LogP contribution in [0.2, 0.25) is 5.02 Å². The number of rotatable bonds is 6. The second-order valence-corrected chi connectivity index (χ2v) is 8.53. The van der Waals surface area contributed by atoms with Crippen LogP contribution in [0, 0.1) is 5.82 Å². The zero-order chi connectivity index (χ0) is 20.1. The van der Waals surface area contributed by atoms with E-state index in [9.17, 15) is 14.0 Å². The van der Waals surface area contributed by atoms with Crippen LogP contribution in [0.4, 0.5) is 4.39 Å². The number of nitrogens with one attached hydrogen (secondary N) is 3. The lowest BCUT2D eigenvalue weighted by Gasteiger charge is -2.70. The van der Waals surface area contributed by atoms with E-state index in [2.05, 4.69) is 16.0 Å². The molecule has 3 aliphatic carbocycles. The number of benzene rings is 1. The van der Waals surface area contributed by atoms with Gasteiger partial charge in [-0.1, -0.05) is 11.6 Å². The van der Waals surface area contributed by atoms with E-state index in [1.165, 1.54) is 12.1 Å². The Bertz CT molecular complexity index is 801. The highest BCUT2D eigenvalue weighted by atomic mass is 35.5. The van der Waals surface area contributed by atoms with E-state index in [-0.39, 0.29) is 58.6 Å². The molecule has 7 nitrogen and oxygen atoms in total. The fourth-order valence-electron chi connectivity index (χ4n) is 4.56. The highest BCUT2D eigenvalue weighted by molar-refractivity contribution is 6.30. The molecule has 2 bridgehead atoms. The summed E-state index contributed by atoms with van der Waals surface area (Å²) in [7, 11) is 0. The molecule has 28 heavy (non-hydrogen) atoms. The van der Waals surface area contributed by atoms with Gasteiger partial charge >= 0.3 is 0 Å². The molecule has 0 spiro atoms. The summed E-state index contributed by atoms with van der Waals surface area (Å²) >= 11 is 5.62. The highest BCUT2D eigenvalue weighted by Gasteiger charge is 2.69. The largest absolute Gasteiger partial charge is 0.484 e. The first-order valence-electron chi connectivity index (χ1n) is 9.32. The first-order chi connectivity index (χ1) is 13.2. The van der Waals surface area contributed by atoms with Gasteiger partial charge in [0.05, 0.1) is 11.1 Å². The van der Waals surface area contributed by atoms with Crippen molar-refractivity contribution in [2.45, 2.75) is 62.6 Å². The van der Waals surface area contributed by atoms with Crippen molar-refractivity contribution in [2.75, 3.05) is 6.61 Å². The van der Waals surface area contributed by atoms with Gasteiger partial charge in [0.1, 0.15) is 23.8 Å². The van der Waals surface area contributed by atoms with Crippen LogP contribution in [0.3, 0.4) is 0 Å². The number of hydrogen-bond acceptors (Lipinski definition) is 5. The molecule has 1 aromatic carbocycles. The highest BCUT2D eigenvalue weighted by Crippen LogP contribution is 2.60. The average Bonchev–Trinajstić information content (AvgIpc) is 2.91. The SMILES string of the molecule is CC1NC(C(=O)NC23CC(NC(=O)COc4ccc(Cl)c(F)c4)(C2)C3)C(C)O1. The summed E-state index contributed by atoms with van der Waals surface area (Å²) in [6.45, 7) is 3.54. The van der Waals surface area contributed by atoms with Gasteiger partial charge < -0.3 is 20.1 Å². The smallest absolute Gasteiger partial charge is 0.258 e. The van der Waals surface area contributed by atoms with Crippen LogP contribution < -0.4 is 20.7 Å². The van der Waals surface area contributed by atoms with Crippen molar-refractivity contribution in [3.63, 3.8) is 0 Å². The van der Waals surface area contributed by atoms with Gasteiger partial charge in [0.15, 0.2) is 6.61 Å². The Hall–Kier alpha value is -1.90. The van der Waals surface area contributed by atoms with Crippen LogP contribution in [0.25, 0.3) is 0 Å². The van der Waals surface area contributed by atoms with Crippen LogP contribution in [0.1, 0.15) is 33.1 Å². The molecular formula is C19H23ClFN3O4. The molecule has 1 aliphatic heterocycles. The Morgan fingerprint density at radius 1 is 1.29 bits per heavy atom. The standard InChI is InChI=1S/C19H23ClFN3O4/c1-10-16(22-11(2)28-10)17(26)24-19-7-18(8-19,9-19)23-15(25)6-27-12-3-4-13(20)14(21)5-12/h3-5,10-11,16,22H,6-9H2,1-2H3,(H,23,25)(H,24,26). The fraction of sp³-hybridized carbons (Fsp3) is 0.579. The summed E-state index contributed by atoms with van der Waals surface area (Å²) in [4.78, 5) is 24.6. The molecule has 1 aromatic rings. The van der Waals surface area contributed by atoms with Crippen LogP contribution in [0.15, 0.2) is 18.2 Å². The minimum absolute atomic E-state index is 0.00114. The van der Waals surface area contributed by atoms with Crippen LogP contribution >= 0.6 is 11.6 Å². The molecule has 3 unspecified atom stereocenters.